The van der Waals surface area contributed by atoms with Crippen molar-refractivity contribution in [3.63, 3.8) is 0 Å². The topological polar surface area (TPSA) is 13.1 Å². The Morgan fingerprint density at radius 1 is 1.06 bits per heavy atom. The maximum absolute atomic E-state index is 5.90. The van der Waals surface area contributed by atoms with E-state index < -0.39 is 0 Å². The van der Waals surface area contributed by atoms with Gasteiger partial charge in [-0.2, -0.15) is 0 Å². The molecule has 0 N–H and O–H groups in total. The highest BCUT2D eigenvalue weighted by Crippen LogP contribution is 2.28. The average Bonchev–Trinajstić information content (AvgIpc) is 2.80. The third kappa shape index (κ3) is 1.91. The van der Waals surface area contributed by atoms with Crippen LogP contribution in [0.3, 0.4) is 0 Å². The Hall–Kier alpha value is -1.73. The van der Waals surface area contributed by atoms with Crippen molar-refractivity contribution in [1.29, 1.82) is 0 Å². The third-order valence-electron chi connectivity index (χ3n) is 3.06. The van der Waals surface area contributed by atoms with Crippen molar-refractivity contribution in [2.45, 2.75) is 5.88 Å². The summed E-state index contributed by atoms with van der Waals surface area (Å²) in [5.41, 5.74) is 5.23. The zero-order chi connectivity index (χ0) is 12.5. The molecule has 1 aromatic heterocycles. The van der Waals surface area contributed by atoms with Crippen LogP contribution < -0.4 is 0 Å². The highest BCUT2D eigenvalue weighted by atomic mass is 35.5. The van der Waals surface area contributed by atoms with Crippen molar-refractivity contribution in [2.75, 3.05) is 0 Å². The van der Waals surface area contributed by atoms with Gasteiger partial charge in [-0.15, -0.1) is 11.6 Å². The van der Waals surface area contributed by atoms with E-state index in [-0.39, 0.29) is 0 Å². The first-order chi connectivity index (χ1) is 8.78. The fourth-order valence-corrected chi connectivity index (χ4v) is 2.32. The Morgan fingerprint density at radius 2 is 1.89 bits per heavy atom. The smallest absolute Gasteiger partial charge is 0.134 e. The van der Waals surface area contributed by atoms with Gasteiger partial charge in [0.25, 0.3) is 0 Å². The molecule has 1 heterocycles. The lowest BCUT2D eigenvalue weighted by Gasteiger charge is -2.03. The Balaban J connectivity index is 2.18. The van der Waals surface area contributed by atoms with Crippen LogP contribution in [0.4, 0.5) is 0 Å². The van der Waals surface area contributed by atoms with Crippen LogP contribution in [0.5, 0.6) is 0 Å². The first kappa shape index (κ1) is 11.4. The lowest BCUT2D eigenvalue weighted by atomic mass is 10.0. The van der Waals surface area contributed by atoms with E-state index in [2.05, 4.69) is 31.2 Å². The normalized spacial score (nSPS) is 11.0. The van der Waals surface area contributed by atoms with Crippen LogP contribution in [-0.2, 0) is 5.88 Å². The van der Waals surface area contributed by atoms with E-state index in [1.807, 2.05) is 18.2 Å². The van der Waals surface area contributed by atoms with Crippen LogP contribution in [0.1, 0.15) is 11.1 Å². The van der Waals surface area contributed by atoms with Crippen LogP contribution in [-0.4, -0.2) is 0 Å². The van der Waals surface area contributed by atoms with E-state index in [0.29, 0.717) is 5.88 Å². The van der Waals surface area contributed by atoms with Gasteiger partial charge in [-0.3, -0.25) is 0 Å². The fourth-order valence-electron chi connectivity index (χ4n) is 2.12. The van der Waals surface area contributed by atoms with E-state index in [9.17, 15) is 0 Å². The average molecular weight is 256 g/mol. The van der Waals surface area contributed by atoms with Gasteiger partial charge in [0.05, 0.1) is 12.1 Å². The summed E-state index contributed by atoms with van der Waals surface area (Å²) in [6, 6.07) is 14.3. The van der Waals surface area contributed by atoms with E-state index in [4.69, 9.17) is 16.0 Å². The molecule has 0 bridgehead atoms. The highest BCUT2D eigenvalue weighted by Gasteiger charge is 2.06. The molecular formula is C16H12ClO. The van der Waals surface area contributed by atoms with Gasteiger partial charge in [0.2, 0.25) is 0 Å². The minimum absolute atomic E-state index is 0.464. The first-order valence-electron chi connectivity index (χ1n) is 5.76. The molecule has 1 radical (unpaired) electrons. The third-order valence-corrected chi connectivity index (χ3v) is 3.35. The number of furan rings is 1. The van der Waals surface area contributed by atoms with Crippen molar-refractivity contribution in [3.8, 4) is 11.1 Å². The molecule has 18 heavy (non-hydrogen) atoms. The Morgan fingerprint density at radius 3 is 2.67 bits per heavy atom. The summed E-state index contributed by atoms with van der Waals surface area (Å²) in [6.07, 6.45) is 1.72. The molecule has 0 aliphatic heterocycles. The van der Waals surface area contributed by atoms with Crippen molar-refractivity contribution < 1.29 is 4.42 Å². The van der Waals surface area contributed by atoms with Gasteiger partial charge in [0.1, 0.15) is 5.58 Å². The number of fused-ring (bicyclic) bond motifs is 1. The van der Waals surface area contributed by atoms with Crippen molar-refractivity contribution in [1.82, 2.24) is 0 Å². The summed E-state index contributed by atoms with van der Waals surface area (Å²) in [6.45, 7) is 3.95. The number of halogens is 1. The van der Waals surface area contributed by atoms with Crippen LogP contribution in [0, 0.1) is 6.92 Å². The van der Waals surface area contributed by atoms with E-state index in [0.717, 1.165) is 33.2 Å². The molecule has 2 heteroatoms. The highest BCUT2D eigenvalue weighted by molar-refractivity contribution is 6.18. The summed E-state index contributed by atoms with van der Waals surface area (Å²) in [5.74, 6) is 0.464. The summed E-state index contributed by atoms with van der Waals surface area (Å²) in [4.78, 5) is 0. The van der Waals surface area contributed by atoms with Gasteiger partial charge in [0.15, 0.2) is 0 Å². The van der Waals surface area contributed by atoms with Crippen molar-refractivity contribution in [2.24, 2.45) is 0 Å². The van der Waals surface area contributed by atoms with Crippen LogP contribution in [0.25, 0.3) is 22.1 Å². The molecule has 89 valence electrons. The number of hydrogen-bond acceptors (Lipinski definition) is 1. The summed E-state index contributed by atoms with van der Waals surface area (Å²) in [7, 11) is 0. The van der Waals surface area contributed by atoms with Gasteiger partial charge in [-0.25, -0.2) is 0 Å². The van der Waals surface area contributed by atoms with Crippen LogP contribution in [0.2, 0.25) is 0 Å². The second-order valence-corrected chi connectivity index (χ2v) is 4.57. The summed E-state index contributed by atoms with van der Waals surface area (Å²) < 4.78 is 5.46. The number of hydrogen-bond donors (Lipinski definition) is 0. The zero-order valence-electron chi connectivity index (χ0n) is 9.82. The maximum atomic E-state index is 5.90. The first-order valence-corrected chi connectivity index (χ1v) is 6.30. The molecule has 3 aromatic rings. The molecule has 0 aliphatic rings. The molecule has 3 rings (SSSR count). The molecule has 0 saturated carbocycles. The van der Waals surface area contributed by atoms with Gasteiger partial charge < -0.3 is 4.42 Å². The standard InChI is InChI=1S/C16H12ClO/c1-11-3-2-4-12(7-11)13-5-6-16-15(8-13)14(9-17)10-18-16/h2-8,10H,1,9H2. The SMILES string of the molecule is [CH2]c1cccc(-c2ccc3occ(CCl)c3c2)c1. The van der Waals surface area contributed by atoms with Crippen LogP contribution in [0.15, 0.2) is 53.1 Å². The quantitative estimate of drug-likeness (QED) is 0.586. The van der Waals surface area contributed by atoms with E-state index in [1.54, 1.807) is 6.26 Å². The molecule has 0 fully saturated rings. The molecule has 0 atom stereocenters. The second kappa shape index (κ2) is 4.51. The lowest BCUT2D eigenvalue weighted by molar-refractivity contribution is 0.612. The Labute approximate surface area is 111 Å². The predicted molar refractivity (Wildman–Crippen MR) is 75.7 cm³/mol. The van der Waals surface area contributed by atoms with Crippen molar-refractivity contribution in [3.05, 3.63) is 66.8 Å². The molecule has 0 unspecified atom stereocenters. The monoisotopic (exact) mass is 255 g/mol. The molecule has 0 saturated heterocycles. The second-order valence-electron chi connectivity index (χ2n) is 4.31. The van der Waals surface area contributed by atoms with Crippen LogP contribution >= 0.6 is 11.6 Å². The maximum Gasteiger partial charge on any atom is 0.134 e. The molecule has 0 spiro atoms. The minimum Gasteiger partial charge on any atom is -0.464 e. The number of alkyl halides is 1. The summed E-state index contributed by atoms with van der Waals surface area (Å²) in [5, 5.41) is 1.08. The Bertz CT molecular complexity index is 697. The predicted octanol–water partition coefficient (Wildman–Crippen LogP) is 5.02. The number of rotatable bonds is 2. The van der Waals surface area contributed by atoms with Gasteiger partial charge >= 0.3 is 0 Å². The summed E-state index contributed by atoms with van der Waals surface area (Å²) >= 11 is 5.90. The lowest BCUT2D eigenvalue weighted by Crippen LogP contribution is -1.80. The van der Waals surface area contributed by atoms with Crippen molar-refractivity contribution >= 4 is 22.6 Å². The molecular weight excluding hydrogens is 244 g/mol. The van der Waals surface area contributed by atoms with Gasteiger partial charge in [-0.05, 0) is 35.7 Å². The molecule has 2 aromatic carbocycles. The molecule has 0 amide bonds. The fraction of sp³-hybridized carbons (Fsp3) is 0.0625. The largest absolute Gasteiger partial charge is 0.464 e. The number of benzene rings is 2. The zero-order valence-corrected chi connectivity index (χ0v) is 10.6. The van der Waals surface area contributed by atoms with Gasteiger partial charge in [0, 0.05) is 10.9 Å². The van der Waals surface area contributed by atoms with E-state index in [1.165, 1.54) is 0 Å². The molecule has 1 nitrogen and oxygen atoms in total. The van der Waals surface area contributed by atoms with E-state index >= 15 is 0 Å². The Kier molecular flexibility index (Phi) is 2.85. The van der Waals surface area contributed by atoms with Gasteiger partial charge in [-0.1, -0.05) is 30.3 Å². The minimum atomic E-state index is 0.464. The molecule has 0 aliphatic carbocycles.